The number of halogens is 3. The van der Waals surface area contributed by atoms with E-state index < -0.39 is 36.9 Å². The quantitative estimate of drug-likeness (QED) is 0.706. The van der Waals surface area contributed by atoms with Crippen molar-refractivity contribution in [2.45, 2.75) is 24.5 Å². The Bertz CT molecular complexity index is 552. The highest BCUT2D eigenvalue weighted by atomic mass is 35.5. The van der Waals surface area contributed by atoms with Crippen LogP contribution >= 0.6 is 12.4 Å². The minimum atomic E-state index is -2.87. The van der Waals surface area contributed by atoms with Gasteiger partial charge in [0.05, 0.1) is 32.9 Å². The van der Waals surface area contributed by atoms with E-state index in [4.69, 9.17) is 9.47 Å². The molecule has 1 aromatic carbocycles. The molecule has 1 fully saturated rings. The fraction of sp³-hybridized carbons (Fsp3) is 0.533. The number of hydrogen-bond donors (Lipinski definition) is 3. The third-order valence-corrected chi connectivity index (χ3v) is 3.65. The van der Waals surface area contributed by atoms with Gasteiger partial charge in [-0.05, 0) is 17.7 Å². The molecule has 0 bridgehead atoms. The van der Waals surface area contributed by atoms with E-state index in [1.807, 2.05) is 0 Å². The van der Waals surface area contributed by atoms with Crippen molar-refractivity contribution in [3.63, 3.8) is 0 Å². The second kappa shape index (κ2) is 8.46. The van der Waals surface area contributed by atoms with Crippen molar-refractivity contribution in [2.75, 3.05) is 27.3 Å². The van der Waals surface area contributed by atoms with Crippen molar-refractivity contribution in [1.29, 1.82) is 0 Å². The standard InChI is InChI=1S/C15H20F2N2O4.ClH/c1-22-10-3-9(4-11(5-10)23-2)13(20)7-18-14(21)12-6-15(16,17)8-19-12;/h3-5,12-13,19-20H,6-8H2,1-2H3,(H,18,21);1H. The van der Waals surface area contributed by atoms with E-state index in [9.17, 15) is 18.7 Å². The molecule has 1 aliphatic heterocycles. The molecule has 1 amide bonds. The number of methoxy groups -OCH3 is 2. The normalized spacial score (nSPS) is 20.0. The first-order chi connectivity index (χ1) is 10.8. The summed E-state index contributed by atoms with van der Waals surface area (Å²) in [6, 6.07) is 3.93. The van der Waals surface area contributed by atoms with Gasteiger partial charge in [-0.15, -0.1) is 12.4 Å². The Morgan fingerprint density at radius 3 is 2.42 bits per heavy atom. The zero-order valence-corrected chi connectivity index (χ0v) is 14.2. The van der Waals surface area contributed by atoms with Gasteiger partial charge < -0.3 is 19.9 Å². The van der Waals surface area contributed by atoms with E-state index in [1.54, 1.807) is 18.2 Å². The van der Waals surface area contributed by atoms with E-state index >= 15 is 0 Å². The number of rotatable bonds is 6. The van der Waals surface area contributed by atoms with E-state index in [0.29, 0.717) is 17.1 Å². The predicted molar refractivity (Wildman–Crippen MR) is 86.1 cm³/mol. The number of aliphatic hydroxyl groups is 1. The van der Waals surface area contributed by atoms with E-state index in [0.717, 1.165) is 0 Å². The number of hydrogen-bond acceptors (Lipinski definition) is 5. The third kappa shape index (κ3) is 5.19. The van der Waals surface area contributed by atoms with Crippen LogP contribution < -0.4 is 20.1 Å². The van der Waals surface area contributed by atoms with Gasteiger partial charge in [-0.3, -0.25) is 10.1 Å². The number of carbonyl (C=O) groups excluding carboxylic acids is 1. The summed E-state index contributed by atoms with van der Waals surface area (Å²) in [5, 5.41) is 15.1. The maximum atomic E-state index is 13.1. The molecule has 136 valence electrons. The van der Waals surface area contributed by atoms with Crippen LogP contribution in [0.5, 0.6) is 11.5 Å². The van der Waals surface area contributed by atoms with Crippen molar-refractivity contribution < 1.29 is 28.2 Å². The van der Waals surface area contributed by atoms with Gasteiger partial charge in [-0.1, -0.05) is 0 Å². The number of alkyl halides is 2. The summed E-state index contributed by atoms with van der Waals surface area (Å²) in [6.45, 7) is -0.611. The van der Waals surface area contributed by atoms with Gasteiger partial charge in [-0.25, -0.2) is 8.78 Å². The van der Waals surface area contributed by atoms with Crippen LogP contribution in [0.1, 0.15) is 18.1 Å². The Labute approximate surface area is 144 Å². The molecule has 9 heteroatoms. The van der Waals surface area contributed by atoms with Crippen LogP contribution in [0.3, 0.4) is 0 Å². The lowest BCUT2D eigenvalue weighted by atomic mass is 10.1. The molecule has 0 aliphatic carbocycles. The van der Waals surface area contributed by atoms with Gasteiger partial charge in [0.2, 0.25) is 5.91 Å². The average Bonchev–Trinajstić information content (AvgIpc) is 2.91. The molecule has 1 aliphatic rings. The number of benzene rings is 1. The van der Waals surface area contributed by atoms with Crippen molar-refractivity contribution >= 4 is 18.3 Å². The van der Waals surface area contributed by atoms with Crippen LogP contribution in [-0.4, -0.2) is 50.3 Å². The summed E-state index contributed by atoms with van der Waals surface area (Å²) in [6.07, 6.45) is -1.55. The summed E-state index contributed by atoms with van der Waals surface area (Å²) >= 11 is 0. The molecular weight excluding hydrogens is 346 g/mol. The maximum Gasteiger partial charge on any atom is 0.262 e. The zero-order valence-electron chi connectivity index (χ0n) is 13.3. The highest BCUT2D eigenvalue weighted by Gasteiger charge is 2.42. The largest absolute Gasteiger partial charge is 0.497 e. The molecule has 2 unspecified atom stereocenters. The second-order valence-corrected chi connectivity index (χ2v) is 5.40. The van der Waals surface area contributed by atoms with Crippen LogP contribution in [0.25, 0.3) is 0 Å². The molecule has 0 saturated carbocycles. The Kier molecular flexibility index (Phi) is 7.19. The third-order valence-electron chi connectivity index (χ3n) is 3.65. The van der Waals surface area contributed by atoms with Crippen LogP contribution in [-0.2, 0) is 4.79 Å². The Morgan fingerprint density at radius 1 is 1.38 bits per heavy atom. The molecule has 1 aromatic rings. The van der Waals surface area contributed by atoms with Gasteiger partial charge >= 0.3 is 0 Å². The molecule has 3 N–H and O–H groups in total. The molecule has 0 aromatic heterocycles. The summed E-state index contributed by atoms with van der Waals surface area (Å²) in [7, 11) is 2.97. The average molecular weight is 367 g/mol. The maximum absolute atomic E-state index is 13.1. The van der Waals surface area contributed by atoms with Crippen LogP contribution in [0.2, 0.25) is 0 Å². The molecule has 1 heterocycles. The van der Waals surface area contributed by atoms with Crippen LogP contribution in [0, 0.1) is 0 Å². The lowest BCUT2D eigenvalue weighted by Crippen LogP contribution is -2.41. The number of carbonyl (C=O) groups is 1. The first-order valence-corrected chi connectivity index (χ1v) is 7.14. The molecule has 0 spiro atoms. The SMILES string of the molecule is COc1cc(OC)cc(C(O)CNC(=O)C2CC(F)(F)CN2)c1.Cl. The van der Waals surface area contributed by atoms with E-state index in [2.05, 4.69) is 10.6 Å². The Hall–Kier alpha value is -1.64. The number of ether oxygens (including phenoxy) is 2. The van der Waals surface area contributed by atoms with Gasteiger partial charge in [0.15, 0.2) is 0 Å². The van der Waals surface area contributed by atoms with Crippen molar-refractivity contribution in [3.8, 4) is 11.5 Å². The molecular formula is C15H21ClF2N2O4. The monoisotopic (exact) mass is 366 g/mol. The van der Waals surface area contributed by atoms with E-state index in [1.165, 1.54) is 14.2 Å². The van der Waals surface area contributed by atoms with Gasteiger partial charge in [0.1, 0.15) is 11.5 Å². The Morgan fingerprint density at radius 2 is 1.96 bits per heavy atom. The molecule has 1 saturated heterocycles. The van der Waals surface area contributed by atoms with E-state index in [-0.39, 0.29) is 19.0 Å². The fourth-order valence-electron chi connectivity index (χ4n) is 2.36. The number of aliphatic hydroxyl groups excluding tert-OH is 1. The minimum Gasteiger partial charge on any atom is -0.497 e. The topological polar surface area (TPSA) is 79.8 Å². The van der Waals surface area contributed by atoms with Crippen LogP contribution in [0.4, 0.5) is 8.78 Å². The first-order valence-electron chi connectivity index (χ1n) is 7.14. The minimum absolute atomic E-state index is 0. The lowest BCUT2D eigenvalue weighted by Gasteiger charge is -2.16. The summed E-state index contributed by atoms with van der Waals surface area (Å²) in [4.78, 5) is 11.8. The predicted octanol–water partition coefficient (Wildman–Crippen LogP) is 1.27. The Balaban J connectivity index is 0.00000288. The second-order valence-electron chi connectivity index (χ2n) is 5.40. The van der Waals surface area contributed by atoms with Crippen molar-refractivity contribution in [2.24, 2.45) is 0 Å². The summed E-state index contributed by atoms with van der Waals surface area (Å²) < 4.78 is 36.3. The number of amides is 1. The summed E-state index contributed by atoms with van der Waals surface area (Å²) in [5.41, 5.74) is 0.492. The zero-order chi connectivity index (χ0) is 17.0. The van der Waals surface area contributed by atoms with Gasteiger partial charge in [-0.2, -0.15) is 0 Å². The van der Waals surface area contributed by atoms with Gasteiger partial charge in [0.25, 0.3) is 5.92 Å². The van der Waals surface area contributed by atoms with Crippen molar-refractivity contribution in [3.05, 3.63) is 23.8 Å². The highest BCUT2D eigenvalue weighted by Crippen LogP contribution is 2.27. The molecule has 0 radical (unpaired) electrons. The summed E-state index contributed by atoms with van der Waals surface area (Å²) in [5.74, 6) is -2.43. The highest BCUT2D eigenvalue weighted by molar-refractivity contribution is 5.85. The van der Waals surface area contributed by atoms with Crippen molar-refractivity contribution in [1.82, 2.24) is 10.6 Å². The smallest absolute Gasteiger partial charge is 0.262 e. The lowest BCUT2D eigenvalue weighted by molar-refractivity contribution is -0.123. The molecule has 2 atom stereocenters. The molecule has 2 rings (SSSR count). The first kappa shape index (κ1) is 20.4. The number of nitrogens with one attached hydrogen (secondary N) is 2. The van der Waals surface area contributed by atoms with Crippen LogP contribution in [0.15, 0.2) is 18.2 Å². The molecule has 24 heavy (non-hydrogen) atoms. The van der Waals surface area contributed by atoms with Gasteiger partial charge in [0, 0.05) is 19.0 Å². The fourth-order valence-corrected chi connectivity index (χ4v) is 2.36. The molecule has 6 nitrogen and oxygen atoms in total.